The number of carbonyl (C=O) groups excluding carboxylic acids is 1. The highest BCUT2D eigenvalue weighted by atomic mass is 32.2. The fourth-order valence-electron chi connectivity index (χ4n) is 5.72. The minimum atomic E-state index is -3.77. The maximum Gasteiger partial charge on any atom is 0.255 e. The quantitative estimate of drug-likeness (QED) is 0.358. The highest BCUT2D eigenvalue weighted by molar-refractivity contribution is 7.89. The van der Waals surface area contributed by atoms with E-state index in [1.165, 1.54) is 28.6 Å². The number of benzene rings is 1. The number of ether oxygens (including phenoxy) is 1. The van der Waals surface area contributed by atoms with Crippen LogP contribution in [0.5, 0.6) is 5.88 Å². The molecule has 2 aromatic heterocycles. The maximum absolute atomic E-state index is 13.6. The Labute approximate surface area is 239 Å². The number of aliphatic hydroxyl groups excluding tert-OH is 1. The van der Waals surface area contributed by atoms with Gasteiger partial charge in [0.15, 0.2) is 5.13 Å². The number of hydrazine groups is 1. The van der Waals surface area contributed by atoms with Crippen molar-refractivity contribution in [3.63, 3.8) is 0 Å². The van der Waals surface area contributed by atoms with Crippen LogP contribution in [0.3, 0.4) is 0 Å². The molecule has 1 aromatic carbocycles. The molecule has 1 aliphatic carbocycles. The molecule has 2 aliphatic rings. The summed E-state index contributed by atoms with van der Waals surface area (Å²) in [6.07, 6.45) is 5.92. The van der Waals surface area contributed by atoms with Gasteiger partial charge in [0.2, 0.25) is 11.8 Å². The standard InChI is InChI=1S/C28H37N5O5S2/c1-3-33(32-16-14-21(34)15-17-32)40(36,37)22-10-8-20(9-11-22)23(18-19-6-4-5-7-19)26(35)31-28-29-24-12-13-25(38-2)30-27(24)39-28/h8-13,19,21,23,34H,3-7,14-18H2,1-2H3,(H,29,31,35). The van der Waals surface area contributed by atoms with Crippen LogP contribution < -0.4 is 10.1 Å². The van der Waals surface area contributed by atoms with Crippen LogP contribution in [-0.4, -0.2) is 71.7 Å². The van der Waals surface area contributed by atoms with Crippen molar-refractivity contribution in [1.82, 2.24) is 19.4 Å². The van der Waals surface area contributed by atoms with Crippen molar-refractivity contribution in [2.45, 2.75) is 68.8 Å². The normalized spacial score (nSPS) is 18.4. The van der Waals surface area contributed by atoms with E-state index < -0.39 is 15.9 Å². The molecule has 216 valence electrons. The first kappa shape index (κ1) is 28.9. The first-order valence-electron chi connectivity index (χ1n) is 14.0. The van der Waals surface area contributed by atoms with Gasteiger partial charge in [-0.2, -0.15) is 0 Å². The van der Waals surface area contributed by atoms with E-state index in [0.717, 1.165) is 18.4 Å². The zero-order chi connectivity index (χ0) is 28.3. The Morgan fingerprint density at radius 1 is 1.12 bits per heavy atom. The summed E-state index contributed by atoms with van der Waals surface area (Å²) in [6, 6.07) is 10.3. The van der Waals surface area contributed by atoms with Gasteiger partial charge in [0.05, 0.1) is 24.0 Å². The molecule has 0 spiro atoms. The number of nitrogens with one attached hydrogen (secondary N) is 1. The first-order valence-corrected chi connectivity index (χ1v) is 16.2. The highest BCUT2D eigenvalue weighted by Gasteiger charge is 2.32. The van der Waals surface area contributed by atoms with Gasteiger partial charge in [0, 0.05) is 25.7 Å². The van der Waals surface area contributed by atoms with Gasteiger partial charge >= 0.3 is 0 Å². The number of sulfonamides is 1. The van der Waals surface area contributed by atoms with E-state index in [0.29, 0.717) is 66.2 Å². The third-order valence-electron chi connectivity index (χ3n) is 7.91. The molecular formula is C28H37N5O5S2. The molecule has 1 amide bonds. The Balaban J connectivity index is 1.36. The van der Waals surface area contributed by atoms with Crippen LogP contribution in [0.25, 0.3) is 10.3 Å². The van der Waals surface area contributed by atoms with E-state index in [-0.39, 0.29) is 16.9 Å². The second-order valence-corrected chi connectivity index (χ2v) is 13.3. The number of piperidine rings is 1. The van der Waals surface area contributed by atoms with Crippen molar-refractivity contribution >= 4 is 42.7 Å². The summed E-state index contributed by atoms with van der Waals surface area (Å²) in [6.45, 7) is 3.09. The topological polar surface area (TPSA) is 125 Å². The molecule has 2 N–H and O–H groups in total. The lowest BCUT2D eigenvalue weighted by Gasteiger charge is -2.37. The summed E-state index contributed by atoms with van der Waals surface area (Å²) in [4.78, 5) is 23.4. The maximum atomic E-state index is 13.6. The largest absolute Gasteiger partial charge is 0.481 e. The Morgan fingerprint density at radius 2 is 1.82 bits per heavy atom. The molecule has 10 nitrogen and oxygen atoms in total. The minimum Gasteiger partial charge on any atom is -0.481 e. The zero-order valence-electron chi connectivity index (χ0n) is 23.0. The van der Waals surface area contributed by atoms with Gasteiger partial charge in [-0.15, -0.1) is 4.41 Å². The van der Waals surface area contributed by atoms with Crippen molar-refractivity contribution in [2.24, 2.45) is 5.92 Å². The molecule has 3 aromatic rings. The molecule has 1 unspecified atom stereocenters. The van der Waals surface area contributed by atoms with Crippen molar-refractivity contribution in [2.75, 3.05) is 32.1 Å². The summed E-state index contributed by atoms with van der Waals surface area (Å²) in [5.41, 5.74) is 1.47. The van der Waals surface area contributed by atoms with E-state index in [9.17, 15) is 18.3 Å². The van der Waals surface area contributed by atoms with E-state index in [1.54, 1.807) is 42.5 Å². The Kier molecular flexibility index (Phi) is 9.01. The Bertz CT molecular complexity index is 1410. The van der Waals surface area contributed by atoms with Crippen LogP contribution in [-0.2, 0) is 14.8 Å². The minimum absolute atomic E-state index is 0.157. The van der Waals surface area contributed by atoms with Gasteiger partial charge in [0.1, 0.15) is 10.3 Å². The number of nitrogens with zero attached hydrogens (tertiary/aromatic N) is 4. The van der Waals surface area contributed by atoms with Crippen LogP contribution in [0.15, 0.2) is 41.3 Å². The molecule has 1 aliphatic heterocycles. The summed E-state index contributed by atoms with van der Waals surface area (Å²) < 4.78 is 33.7. The molecule has 40 heavy (non-hydrogen) atoms. The molecule has 5 rings (SSSR count). The predicted molar refractivity (Wildman–Crippen MR) is 155 cm³/mol. The van der Waals surface area contributed by atoms with E-state index in [2.05, 4.69) is 15.3 Å². The fourth-order valence-corrected chi connectivity index (χ4v) is 8.09. The van der Waals surface area contributed by atoms with Gasteiger partial charge in [0.25, 0.3) is 10.0 Å². The summed E-state index contributed by atoms with van der Waals surface area (Å²) >= 11 is 1.30. The average molecular weight is 588 g/mol. The molecule has 0 bridgehead atoms. The Hall–Kier alpha value is -2.64. The lowest BCUT2D eigenvalue weighted by atomic mass is 9.87. The molecule has 12 heteroatoms. The number of anilines is 1. The van der Waals surface area contributed by atoms with Crippen molar-refractivity contribution in [3.05, 3.63) is 42.0 Å². The number of thiazole rings is 1. The lowest BCUT2D eigenvalue weighted by Crippen LogP contribution is -2.50. The number of hydrogen-bond donors (Lipinski definition) is 2. The Morgan fingerprint density at radius 3 is 2.48 bits per heavy atom. The molecule has 1 atom stereocenters. The van der Waals surface area contributed by atoms with Crippen molar-refractivity contribution in [3.8, 4) is 5.88 Å². The zero-order valence-corrected chi connectivity index (χ0v) is 24.6. The highest BCUT2D eigenvalue weighted by Crippen LogP contribution is 2.36. The van der Waals surface area contributed by atoms with E-state index in [4.69, 9.17) is 4.74 Å². The van der Waals surface area contributed by atoms with Crippen molar-refractivity contribution in [1.29, 1.82) is 0 Å². The van der Waals surface area contributed by atoms with Crippen LogP contribution in [0.4, 0.5) is 5.13 Å². The molecule has 2 fully saturated rings. The molecular weight excluding hydrogens is 550 g/mol. The van der Waals surface area contributed by atoms with Crippen LogP contribution in [0, 0.1) is 5.92 Å². The summed E-state index contributed by atoms with van der Waals surface area (Å²) in [5, 5.41) is 15.1. The average Bonchev–Trinajstić information content (AvgIpc) is 3.62. The second kappa shape index (κ2) is 12.5. The predicted octanol–water partition coefficient (Wildman–Crippen LogP) is 4.38. The first-order chi connectivity index (χ1) is 19.3. The number of hydrogen-bond acceptors (Lipinski definition) is 9. The molecule has 1 saturated carbocycles. The number of rotatable bonds is 10. The van der Waals surface area contributed by atoms with Gasteiger partial charge in [-0.25, -0.2) is 23.4 Å². The number of fused-ring (bicyclic) bond motifs is 1. The van der Waals surface area contributed by atoms with E-state index in [1.807, 2.05) is 13.0 Å². The third-order valence-corrected chi connectivity index (χ3v) is 10.7. The van der Waals surface area contributed by atoms with Crippen molar-refractivity contribution < 1.29 is 23.1 Å². The SMILES string of the molecule is CCN(N1CCC(O)CC1)S(=O)(=O)c1ccc(C(CC2CCCC2)C(=O)Nc2nc3ccc(OC)nc3s2)cc1. The number of aromatic nitrogens is 2. The monoisotopic (exact) mass is 587 g/mol. The van der Waals surface area contributed by atoms with Gasteiger partial charge in [-0.1, -0.05) is 49.2 Å². The lowest BCUT2D eigenvalue weighted by molar-refractivity contribution is -0.118. The molecule has 1 saturated heterocycles. The van der Waals surface area contributed by atoms with Crippen LogP contribution >= 0.6 is 11.3 Å². The van der Waals surface area contributed by atoms with Crippen LogP contribution in [0.2, 0.25) is 0 Å². The summed E-state index contributed by atoms with van der Waals surface area (Å²) in [5.74, 6) is 0.351. The number of carbonyl (C=O) groups is 1. The molecule has 3 heterocycles. The number of pyridine rings is 1. The fraction of sp³-hybridized carbons (Fsp3) is 0.536. The second-order valence-electron chi connectivity index (χ2n) is 10.5. The third kappa shape index (κ3) is 6.31. The smallest absolute Gasteiger partial charge is 0.255 e. The number of aliphatic hydroxyl groups is 1. The van der Waals surface area contributed by atoms with Crippen LogP contribution in [0.1, 0.15) is 63.4 Å². The molecule has 0 radical (unpaired) electrons. The van der Waals surface area contributed by atoms with Gasteiger partial charge in [-0.3, -0.25) is 4.79 Å². The van der Waals surface area contributed by atoms with Gasteiger partial charge < -0.3 is 15.2 Å². The van der Waals surface area contributed by atoms with E-state index >= 15 is 0 Å². The number of methoxy groups -OCH3 is 1. The summed E-state index contributed by atoms with van der Waals surface area (Å²) in [7, 11) is -2.21. The van der Waals surface area contributed by atoms with Gasteiger partial charge in [-0.05, 0) is 55.9 Å². The number of amides is 1.